The third-order valence-corrected chi connectivity index (χ3v) is 9.58. The van der Waals surface area contributed by atoms with Gasteiger partial charge in [-0.25, -0.2) is 9.18 Å². The highest BCUT2D eigenvalue weighted by Crippen LogP contribution is 2.40. The molecular weight excluding hydrogens is 515 g/mol. The fourth-order valence-electron chi connectivity index (χ4n) is 6.26. The fraction of sp³-hybridized carbons (Fsp3) is 0.593. The molecule has 0 aliphatic carbocycles. The molecular formula is C27H36BrFN2O2S. The van der Waals surface area contributed by atoms with E-state index in [-0.39, 0.29) is 34.9 Å². The van der Waals surface area contributed by atoms with Crippen LogP contribution in [0.25, 0.3) is 0 Å². The van der Waals surface area contributed by atoms with Crippen LogP contribution in [0.2, 0.25) is 0 Å². The molecule has 5 heterocycles. The number of ether oxygens (including phenoxy) is 1. The van der Waals surface area contributed by atoms with E-state index >= 15 is 0 Å². The van der Waals surface area contributed by atoms with Gasteiger partial charge in [0.05, 0.1) is 19.6 Å². The lowest BCUT2D eigenvalue weighted by Gasteiger charge is -2.52. The zero-order valence-electron chi connectivity index (χ0n) is 20.1. The first-order valence-corrected chi connectivity index (χ1v) is 13.5. The van der Waals surface area contributed by atoms with Crippen LogP contribution in [0.15, 0.2) is 41.8 Å². The van der Waals surface area contributed by atoms with Crippen molar-refractivity contribution < 1.29 is 35.4 Å². The van der Waals surface area contributed by atoms with Crippen LogP contribution in [0.3, 0.4) is 0 Å². The molecule has 2 unspecified atom stereocenters. The minimum absolute atomic E-state index is 0. The Hall–Kier alpha value is -1.28. The molecule has 1 aromatic carbocycles. The molecule has 1 aromatic heterocycles. The Morgan fingerprint density at radius 2 is 1.88 bits per heavy atom. The van der Waals surface area contributed by atoms with Crippen molar-refractivity contribution in [2.45, 2.75) is 57.1 Å². The first-order chi connectivity index (χ1) is 16.0. The van der Waals surface area contributed by atoms with Gasteiger partial charge in [-0.1, -0.05) is 30.7 Å². The van der Waals surface area contributed by atoms with Gasteiger partial charge in [-0.15, -0.1) is 11.3 Å². The number of nitrogens with zero attached hydrogens (tertiary/aromatic N) is 2. The van der Waals surface area contributed by atoms with Gasteiger partial charge >= 0.3 is 5.97 Å². The molecule has 4 aliphatic heterocycles. The van der Waals surface area contributed by atoms with Crippen molar-refractivity contribution in [2.24, 2.45) is 5.92 Å². The molecule has 4 fully saturated rings. The number of hydrogen-bond donors (Lipinski definition) is 0. The van der Waals surface area contributed by atoms with Gasteiger partial charge in [-0.3, -0.25) is 4.90 Å². The Bertz CT molecular complexity index is 957. The molecule has 7 heteroatoms. The van der Waals surface area contributed by atoms with E-state index in [1.165, 1.54) is 6.42 Å². The van der Waals surface area contributed by atoms with Crippen molar-refractivity contribution >= 4 is 17.3 Å². The van der Waals surface area contributed by atoms with E-state index in [4.69, 9.17) is 4.74 Å². The van der Waals surface area contributed by atoms with Gasteiger partial charge in [0.1, 0.15) is 12.4 Å². The summed E-state index contributed by atoms with van der Waals surface area (Å²) >= 11 is 1.65. The highest BCUT2D eigenvalue weighted by molar-refractivity contribution is 7.10. The summed E-state index contributed by atoms with van der Waals surface area (Å²) in [5.41, 5.74) is 0.0834. The number of quaternary nitrogens is 1. The summed E-state index contributed by atoms with van der Waals surface area (Å²) < 4.78 is 21.5. The second kappa shape index (κ2) is 10.8. The number of thiophene rings is 1. The van der Waals surface area contributed by atoms with Crippen LogP contribution < -0.4 is 17.0 Å². The minimum atomic E-state index is -0.710. The molecule has 2 aromatic rings. The van der Waals surface area contributed by atoms with Crippen LogP contribution in [0.5, 0.6) is 0 Å². The Morgan fingerprint density at radius 1 is 1.15 bits per heavy atom. The molecule has 34 heavy (non-hydrogen) atoms. The van der Waals surface area contributed by atoms with E-state index in [9.17, 15) is 9.18 Å². The summed E-state index contributed by atoms with van der Waals surface area (Å²) in [4.78, 5) is 17.2. The third-order valence-electron chi connectivity index (χ3n) is 8.50. The van der Waals surface area contributed by atoms with Gasteiger partial charge in [0.25, 0.3) is 0 Å². The molecule has 4 nitrogen and oxygen atoms in total. The lowest BCUT2D eigenvalue weighted by Crippen LogP contribution is -3.00. The van der Waals surface area contributed by atoms with E-state index in [1.54, 1.807) is 23.5 Å². The second-order valence-electron chi connectivity index (χ2n) is 10.4. The maximum absolute atomic E-state index is 14.2. The maximum Gasteiger partial charge on any atom is 0.332 e. The monoisotopic (exact) mass is 550 g/mol. The van der Waals surface area contributed by atoms with Gasteiger partial charge in [-0.05, 0) is 55.9 Å². The topological polar surface area (TPSA) is 29.5 Å². The van der Waals surface area contributed by atoms with Crippen molar-refractivity contribution in [3.05, 3.63) is 58.0 Å². The molecule has 0 radical (unpaired) electrons. The van der Waals surface area contributed by atoms with Crippen molar-refractivity contribution in [3.8, 4) is 0 Å². The Balaban J connectivity index is 0.00000274. The number of likely N-dealkylation sites (tertiary alicyclic amines) is 1. The Kier molecular flexibility index (Phi) is 8.17. The van der Waals surface area contributed by atoms with Gasteiger partial charge in [-0.2, -0.15) is 0 Å². The summed E-state index contributed by atoms with van der Waals surface area (Å²) in [7, 11) is 0. The SMILES string of the molecule is CC(C(=O)OC1C[N+]2(CCc3ccccc3F)CCC1CC2)(c1cccs1)N1CCCCC1.[Br-]. The summed E-state index contributed by atoms with van der Waals surface area (Å²) in [6.45, 7) is 7.96. The van der Waals surface area contributed by atoms with Gasteiger partial charge < -0.3 is 26.2 Å². The van der Waals surface area contributed by atoms with E-state index in [0.29, 0.717) is 5.92 Å². The summed E-state index contributed by atoms with van der Waals surface area (Å²) in [6, 6.07) is 11.2. The number of esters is 1. The smallest absolute Gasteiger partial charge is 0.332 e. The minimum Gasteiger partial charge on any atom is -1.00 e. The average molecular weight is 552 g/mol. The zero-order valence-corrected chi connectivity index (χ0v) is 22.5. The quantitative estimate of drug-likeness (QED) is 0.390. The van der Waals surface area contributed by atoms with E-state index in [0.717, 1.165) is 86.3 Å². The standard InChI is InChI=1S/C27H36FN2O2S.BrH/c1-27(25-10-7-19-33-25,29-14-5-2-6-15-29)26(31)32-24-20-30(17-12-22(24)13-18-30)16-11-21-8-3-4-9-23(21)28;/h3-4,7-10,19,22,24H,2,5-6,11-18,20H2,1H3;1H/q+1;/p-1. The molecule has 4 saturated heterocycles. The molecule has 2 bridgehead atoms. The van der Waals surface area contributed by atoms with Crippen molar-refractivity contribution in [3.63, 3.8) is 0 Å². The average Bonchev–Trinajstić information content (AvgIpc) is 3.40. The van der Waals surface area contributed by atoms with Gasteiger partial charge in [0.15, 0.2) is 11.6 Å². The van der Waals surface area contributed by atoms with Crippen LogP contribution in [0.1, 0.15) is 49.5 Å². The molecule has 0 spiro atoms. The van der Waals surface area contributed by atoms with Crippen LogP contribution in [-0.4, -0.2) is 60.7 Å². The zero-order chi connectivity index (χ0) is 22.9. The first kappa shape index (κ1) is 25.8. The number of benzene rings is 1. The van der Waals surface area contributed by atoms with Gasteiger partial charge in [0.2, 0.25) is 0 Å². The molecule has 186 valence electrons. The fourth-order valence-corrected chi connectivity index (χ4v) is 7.17. The molecule has 2 atom stereocenters. The number of rotatable bonds is 7. The van der Waals surface area contributed by atoms with Crippen LogP contribution >= 0.6 is 11.3 Å². The first-order valence-electron chi connectivity index (χ1n) is 12.6. The number of piperidine rings is 4. The van der Waals surface area contributed by atoms with E-state index in [1.807, 2.05) is 18.2 Å². The number of fused-ring (bicyclic) bond motifs is 3. The van der Waals surface area contributed by atoms with Crippen molar-refractivity contribution in [1.82, 2.24) is 4.90 Å². The largest absolute Gasteiger partial charge is 1.00 e. The van der Waals surface area contributed by atoms with Crippen LogP contribution in [0.4, 0.5) is 4.39 Å². The number of carbonyl (C=O) groups is 1. The number of hydrogen-bond acceptors (Lipinski definition) is 4. The Labute approximate surface area is 217 Å². The van der Waals surface area contributed by atoms with Crippen LogP contribution in [0, 0.1) is 11.7 Å². The third kappa shape index (κ3) is 4.99. The molecule has 0 N–H and O–H groups in total. The number of halogens is 2. The van der Waals surface area contributed by atoms with Crippen molar-refractivity contribution in [2.75, 3.05) is 39.3 Å². The van der Waals surface area contributed by atoms with Gasteiger partial charge in [0, 0.05) is 30.1 Å². The molecule has 0 saturated carbocycles. The highest BCUT2D eigenvalue weighted by atomic mass is 79.9. The lowest BCUT2D eigenvalue weighted by atomic mass is 9.82. The van der Waals surface area contributed by atoms with Crippen molar-refractivity contribution in [1.29, 1.82) is 0 Å². The lowest BCUT2D eigenvalue weighted by molar-refractivity contribution is -0.946. The predicted octanol–water partition coefficient (Wildman–Crippen LogP) is 1.99. The maximum atomic E-state index is 14.2. The molecule has 6 rings (SSSR count). The molecule has 0 amide bonds. The molecule has 4 aliphatic rings. The van der Waals surface area contributed by atoms with Crippen LogP contribution in [-0.2, 0) is 21.5 Å². The second-order valence-corrected chi connectivity index (χ2v) is 11.4. The number of carbonyl (C=O) groups excluding carboxylic acids is 1. The summed E-state index contributed by atoms with van der Waals surface area (Å²) in [5.74, 6) is 0.257. The van der Waals surface area contributed by atoms with E-state index in [2.05, 4.69) is 23.3 Å². The predicted molar refractivity (Wildman–Crippen MR) is 130 cm³/mol. The highest BCUT2D eigenvalue weighted by Gasteiger charge is 2.51. The normalized spacial score (nSPS) is 28.6. The summed E-state index contributed by atoms with van der Waals surface area (Å²) in [6.07, 6.45) is 6.39. The van der Waals surface area contributed by atoms with E-state index < -0.39 is 5.54 Å². The summed E-state index contributed by atoms with van der Waals surface area (Å²) in [5, 5.41) is 2.06. The Morgan fingerprint density at radius 3 is 2.56 bits per heavy atom.